The van der Waals surface area contributed by atoms with Gasteiger partial charge in [-0.05, 0) is 114 Å². The second kappa shape index (κ2) is 14.8. The molecule has 0 N–H and O–H groups in total. The molecule has 0 fully saturated rings. The predicted molar refractivity (Wildman–Crippen MR) is 287 cm³/mol. The third kappa shape index (κ3) is 5.12. The van der Waals surface area contributed by atoms with Crippen molar-refractivity contribution >= 4 is 39.0 Å². The molecule has 0 unspecified atom stereocenters. The van der Waals surface area contributed by atoms with Crippen LogP contribution in [0.2, 0.25) is 0 Å². The molecule has 1 spiro atoms. The molecule has 0 atom stereocenters. The lowest BCUT2D eigenvalue weighted by Gasteiger charge is -2.35. The largest absolute Gasteiger partial charge is 0.455 e. The Balaban J connectivity index is 1.00. The standard InChI is InChI=1S/C68H43NO/c1-3-19-45(20-4-1)67(46-21-5-2-6-22-46)60-33-15-10-27-56(60)65-61(67)34-18-35-63(65)69(47-39-37-44(38-40-47)49-28-17-29-55-54-26-11-16-36-64(54)70-66(49)55)48-41-42-53-52-25-9-14-32-59(52)68(62(53)43-48)57-30-12-7-23-50(57)51-24-8-13-31-58(51)68/h1-43H. The van der Waals surface area contributed by atoms with Crippen molar-refractivity contribution in [3.63, 3.8) is 0 Å². The summed E-state index contributed by atoms with van der Waals surface area (Å²) in [4.78, 5) is 2.52. The van der Waals surface area contributed by atoms with Crippen LogP contribution in [0.5, 0.6) is 0 Å². The van der Waals surface area contributed by atoms with E-state index in [2.05, 4.69) is 260 Å². The van der Waals surface area contributed by atoms with Gasteiger partial charge in [-0.15, -0.1) is 0 Å². The van der Waals surface area contributed by atoms with Gasteiger partial charge in [-0.1, -0.05) is 224 Å². The Morgan fingerprint density at radius 1 is 0.300 bits per heavy atom. The monoisotopic (exact) mass is 889 g/mol. The molecule has 1 aromatic heterocycles. The maximum atomic E-state index is 6.59. The van der Waals surface area contributed by atoms with Gasteiger partial charge in [-0.3, -0.25) is 0 Å². The van der Waals surface area contributed by atoms with Crippen molar-refractivity contribution in [2.24, 2.45) is 0 Å². The first kappa shape index (κ1) is 39.1. The van der Waals surface area contributed by atoms with E-state index in [9.17, 15) is 0 Å². The fourth-order valence-electron chi connectivity index (χ4n) is 13.1. The zero-order chi connectivity index (χ0) is 46.0. The highest BCUT2D eigenvalue weighted by Gasteiger charge is 2.52. The first-order chi connectivity index (χ1) is 34.7. The van der Waals surface area contributed by atoms with Gasteiger partial charge in [0.25, 0.3) is 0 Å². The van der Waals surface area contributed by atoms with E-state index in [1.165, 1.54) is 77.9 Å². The topological polar surface area (TPSA) is 16.4 Å². The molecule has 0 saturated carbocycles. The SMILES string of the molecule is c1ccc(C2(c3ccccc3)c3ccccc3-c3c(N(c4ccc(-c5cccc6c5oc5ccccc56)cc4)c4ccc5c(c4)C4(c6ccccc6-c6ccccc64)c4ccccc4-5)cccc32)cc1. The van der Waals surface area contributed by atoms with Crippen LogP contribution in [-0.4, -0.2) is 0 Å². The average Bonchev–Trinajstić information content (AvgIpc) is 4.15. The number of hydrogen-bond acceptors (Lipinski definition) is 2. The molecule has 2 heteroatoms. The molecule has 0 saturated heterocycles. The number of hydrogen-bond donors (Lipinski definition) is 0. The Kier molecular flexibility index (Phi) is 8.24. The van der Waals surface area contributed by atoms with Crippen LogP contribution in [0.25, 0.3) is 66.4 Å². The highest BCUT2D eigenvalue weighted by atomic mass is 16.3. The minimum Gasteiger partial charge on any atom is -0.455 e. The Morgan fingerprint density at radius 3 is 1.41 bits per heavy atom. The Hall–Kier alpha value is -8.98. The van der Waals surface area contributed by atoms with E-state index in [0.717, 1.165) is 50.1 Å². The predicted octanol–water partition coefficient (Wildman–Crippen LogP) is 17.4. The summed E-state index contributed by atoms with van der Waals surface area (Å²) in [5, 5.41) is 2.26. The number of anilines is 3. The van der Waals surface area contributed by atoms with Crippen molar-refractivity contribution in [1.82, 2.24) is 0 Å². The summed E-state index contributed by atoms with van der Waals surface area (Å²) in [5.74, 6) is 0. The lowest BCUT2D eigenvalue weighted by molar-refractivity contribution is 0.670. The maximum Gasteiger partial charge on any atom is 0.143 e. The first-order valence-electron chi connectivity index (χ1n) is 24.3. The quantitative estimate of drug-likeness (QED) is 0.165. The molecule has 15 rings (SSSR count). The number of para-hydroxylation sites is 2. The molecule has 2 nitrogen and oxygen atoms in total. The van der Waals surface area contributed by atoms with Gasteiger partial charge in [0, 0.05) is 33.3 Å². The van der Waals surface area contributed by atoms with Gasteiger partial charge in [-0.2, -0.15) is 0 Å². The van der Waals surface area contributed by atoms with Crippen molar-refractivity contribution in [2.75, 3.05) is 4.90 Å². The summed E-state index contributed by atoms with van der Waals surface area (Å²) in [6.45, 7) is 0. The summed E-state index contributed by atoms with van der Waals surface area (Å²) in [6, 6.07) is 96.7. The van der Waals surface area contributed by atoms with Crippen LogP contribution in [0.15, 0.2) is 265 Å². The van der Waals surface area contributed by atoms with Crippen LogP contribution in [0.1, 0.15) is 44.5 Å². The van der Waals surface area contributed by atoms with Crippen LogP contribution < -0.4 is 4.90 Å². The van der Waals surface area contributed by atoms with E-state index in [0.29, 0.717) is 0 Å². The first-order valence-corrected chi connectivity index (χ1v) is 24.3. The fraction of sp³-hybridized carbons (Fsp3) is 0.0294. The maximum absolute atomic E-state index is 6.59. The highest BCUT2D eigenvalue weighted by Crippen LogP contribution is 2.64. The second-order valence-electron chi connectivity index (χ2n) is 19.0. The van der Waals surface area contributed by atoms with Crippen LogP contribution in [0.3, 0.4) is 0 Å². The van der Waals surface area contributed by atoms with Crippen LogP contribution >= 0.6 is 0 Å². The van der Waals surface area contributed by atoms with Gasteiger partial charge in [-0.25, -0.2) is 0 Å². The third-order valence-corrected chi connectivity index (χ3v) is 15.8. The van der Waals surface area contributed by atoms with Crippen LogP contribution in [0.4, 0.5) is 17.1 Å². The van der Waals surface area contributed by atoms with Gasteiger partial charge < -0.3 is 9.32 Å². The number of furan rings is 1. The zero-order valence-corrected chi connectivity index (χ0v) is 38.2. The number of benzene rings is 11. The molecule has 0 radical (unpaired) electrons. The van der Waals surface area contributed by atoms with E-state index in [-0.39, 0.29) is 0 Å². The normalized spacial score (nSPS) is 13.9. The summed E-state index contributed by atoms with van der Waals surface area (Å²) in [6.07, 6.45) is 0. The van der Waals surface area contributed by atoms with E-state index >= 15 is 0 Å². The molecule has 1 heterocycles. The summed E-state index contributed by atoms with van der Waals surface area (Å²) >= 11 is 0. The Bertz CT molecular complexity index is 3970. The minimum absolute atomic E-state index is 0.489. The molecule has 11 aromatic carbocycles. The fourth-order valence-corrected chi connectivity index (χ4v) is 13.1. The van der Waals surface area contributed by atoms with E-state index in [4.69, 9.17) is 4.42 Å². The second-order valence-corrected chi connectivity index (χ2v) is 19.0. The third-order valence-electron chi connectivity index (χ3n) is 15.8. The van der Waals surface area contributed by atoms with Gasteiger partial charge in [0.2, 0.25) is 0 Å². The van der Waals surface area contributed by atoms with E-state index in [1.54, 1.807) is 0 Å². The van der Waals surface area contributed by atoms with Crippen molar-refractivity contribution in [1.29, 1.82) is 0 Å². The van der Waals surface area contributed by atoms with Crippen molar-refractivity contribution in [3.05, 3.63) is 305 Å². The molecule has 70 heavy (non-hydrogen) atoms. The highest BCUT2D eigenvalue weighted by molar-refractivity contribution is 6.10. The van der Waals surface area contributed by atoms with Crippen LogP contribution in [-0.2, 0) is 10.8 Å². The lowest BCUT2D eigenvalue weighted by atomic mass is 9.68. The molecule has 0 bridgehead atoms. The van der Waals surface area contributed by atoms with Crippen molar-refractivity contribution in [3.8, 4) is 44.5 Å². The van der Waals surface area contributed by atoms with E-state index in [1.807, 2.05) is 6.07 Å². The van der Waals surface area contributed by atoms with Crippen molar-refractivity contribution < 1.29 is 4.42 Å². The van der Waals surface area contributed by atoms with Gasteiger partial charge in [0.1, 0.15) is 11.2 Å². The number of rotatable bonds is 6. The summed E-state index contributed by atoms with van der Waals surface area (Å²) in [5.41, 5.74) is 24.2. The Labute approximate surface area is 407 Å². The molecule has 326 valence electrons. The lowest BCUT2D eigenvalue weighted by Crippen LogP contribution is -2.28. The molecule has 0 aliphatic heterocycles. The van der Waals surface area contributed by atoms with Gasteiger partial charge in [0.15, 0.2) is 0 Å². The summed E-state index contributed by atoms with van der Waals surface area (Å²) in [7, 11) is 0. The number of fused-ring (bicyclic) bond motifs is 16. The molecule has 3 aliphatic rings. The molecular weight excluding hydrogens is 847 g/mol. The van der Waals surface area contributed by atoms with Crippen molar-refractivity contribution in [2.45, 2.75) is 10.8 Å². The summed E-state index contributed by atoms with van der Waals surface area (Å²) < 4.78 is 6.59. The molecule has 12 aromatic rings. The average molecular weight is 890 g/mol. The smallest absolute Gasteiger partial charge is 0.143 e. The molecule has 3 aliphatic carbocycles. The molecular formula is C68H43NO. The van der Waals surface area contributed by atoms with E-state index < -0.39 is 10.8 Å². The van der Waals surface area contributed by atoms with Gasteiger partial charge >= 0.3 is 0 Å². The van der Waals surface area contributed by atoms with Gasteiger partial charge in [0.05, 0.1) is 16.5 Å². The van der Waals surface area contributed by atoms with Crippen LogP contribution in [0, 0.1) is 0 Å². The minimum atomic E-state index is -0.549. The molecule has 0 amide bonds. The zero-order valence-electron chi connectivity index (χ0n) is 38.2. The number of nitrogens with zero attached hydrogens (tertiary/aromatic N) is 1. The Morgan fingerprint density at radius 2 is 0.771 bits per heavy atom.